The van der Waals surface area contributed by atoms with E-state index in [0.29, 0.717) is 6.54 Å². The number of aryl methyl sites for hydroxylation is 1. The smallest absolute Gasteiger partial charge is 0.0675 e. The molecule has 0 saturated heterocycles. The van der Waals surface area contributed by atoms with Crippen molar-refractivity contribution in [1.29, 1.82) is 0 Å². The summed E-state index contributed by atoms with van der Waals surface area (Å²) >= 11 is 3.66. The van der Waals surface area contributed by atoms with E-state index in [1.807, 2.05) is 6.07 Å². The fourth-order valence-corrected chi connectivity index (χ4v) is 3.60. The molecule has 2 aromatic rings. The second-order valence-electron chi connectivity index (χ2n) is 5.20. The lowest BCUT2D eigenvalue weighted by Gasteiger charge is -2.38. The topological polar surface area (TPSA) is 29.3 Å². The van der Waals surface area contributed by atoms with E-state index in [1.165, 1.54) is 29.7 Å². The van der Waals surface area contributed by atoms with Gasteiger partial charge in [0.2, 0.25) is 0 Å². The van der Waals surface area contributed by atoms with Gasteiger partial charge in [-0.15, -0.1) is 0 Å². The van der Waals surface area contributed by atoms with Crippen molar-refractivity contribution in [3.05, 3.63) is 64.1 Å². The van der Waals surface area contributed by atoms with Crippen LogP contribution in [-0.2, 0) is 6.42 Å². The molecule has 0 aromatic heterocycles. The average molecular weight is 331 g/mol. The molecule has 1 atom stereocenters. The SMILES string of the molecule is NCC(c1ccccc1Br)N1CCCc2ccccc21. The summed E-state index contributed by atoms with van der Waals surface area (Å²) in [5.74, 6) is 0. The fourth-order valence-electron chi connectivity index (χ4n) is 3.05. The highest BCUT2D eigenvalue weighted by atomic mass is 79.9. The first kappa shape index (κ1) is 13.7. The second kappa shape index (κ2) is 5.98. The highest BCUT2D eigenvalue weighted by Crippen LogP contribution is 2.35. The van der Waals surface area contributed by atoms with Crippen molar-refractivity contribution in [1.82, 2.24) is 0 Å². The number of benzene rings is 2. The molecule has 1 aliphatic rings. The van der Waals surface area contributed by atoms with Gasteiger partial charge in [-0.25, -0.2) is 0 Å². The molecular weight excluding hydrogens is 312 g/mol. The molecule has 0 fully saturated rings. The van der Waals surface area contributed by atoms with Gasteiger partial charge in [0.25, 0.3) is 0 Å². The van der Waals surface area contributed by atoms with Crippen LogP contribution in [0, 0.1) is 0 Å². The minimum absolute atomic E-state index is 0.229. The maximum Gasteiger partial charge on any atom is 0.0675 e. The Morgan fingerprint density at radius 3 is 2.65 bits per heavy atom. The van der Waals surface area contributed by atoms with Gasteiger partial charge in [-0.2, -0.15) is 0 Å². The van der Waals surface area contributed by atoms with Crippen molar-refractivity contribution >= 4 is 21.6 Å². The van der Waals surface area contributed by atoms with E-state index in [2.05, 4.69) is 63.3 Å². The van der Waals surface area contributed by atoms with E-state index < -0.39 is 0 Å². The van der Waals surface area contributed by atoms with Crippen molar-refractivity contribution in [3.63, 3.8) is 0 Å². The first-order valence-electron chi connectivity index (χ1n) is 7.10. The number of hydrogen-bond acceptors (Lipinski definition) is 2. The van der Waals surface area contributed by atoms with Crippen molar-refractivity contribution in [2.75, 3.05) is 18.0 Å². The van der Waals surface area contributed by atoms with Crippen molar-refractivity contribution in [2.45, 2.75) is 18.9 Å². The zero-order valence-corrected chi connectivity index (χ0v) is 13.0. The van der Waals surface area contributed by atoms with Gasteiger partial charge in [0.1, 0.15) is 0 Å². The van der Waals surface area contributed by atoms with Crippen LogP contribution < -0.4 is 10.6 Å². The van der Waals surface area contributed by atoms with Gasteiger partial charge in [-0.1, -0.05) is 52.3 Å². The standard InChI is InChI=1S/C17H19BrN2/c18-15-9-3-2-8-14(15)17(12-19)20-11-5-7-13-6-1-4-10-16(13)20/h1-4,6,8-10,17H,5,7,11-12,19H2. The number of hydrogen-bond donors (Lipinski definition) is 1. The van der Waals surface area contributed by atoms with E-state index in [4.69, 9.17) is 5.73 Å². The van der Waals surface area contributed by atoms with Crippen LogP contribution in [0.3, 0.4) is 0 Å². The van der Waals surface area contributed by atoms with Gasteiger partial charge >= 0.3 is 0 Å². The summed E-state index contributed by atoms with van der Waals surface area (Å²) in [7, 11) is 0. The predicted molar refractivity (Wildman–Crippen MR) is 88.0 cm³/mol. The first-order chi connectivity index (χ1) is 9.81. The number of anilines is 1. The lowest BCUT2D eigenvalue weighted by atomic mass is 9.97. The zero-order valence-electron chi connectivity index (χ0n) is 11.4. The Labute approximate surface area is 128 Å². The van der Waals surface area contributed by atoms with Gasteiger partial charge in [0.15, 0.2) is 0 Å². The first-order valence-corrected chi connectivity index (χ1v) is 7.89. The van der Waals surface area contributed by atoms with E-state index in [1.54, 1.807) is 0 Å². The number of nitrogens with two attached hydrogens (primary N) is 1. The van der Waals surface area contributed by atoms with Gasteiger partial charge < -0.3 is 10.6 Å². The summed E-state index contributed by atoms with van der Waals surface area (Å²) in [6.45, 7) is 1.69. The second-order valence-corrected chi connectivity index (χ2v) is 6.05. The summed E-state index contributed by atoms with van der Waals surface area (Å²) < 4.78 is 1.14. The van der Waals surface area contributed by atoms with Crippen LogP contribution in [-0.4, -0.2) is 13.1 Å². The van der Waals surface area contributed by atoms with Gasteiger partial charge in [-0.3, -0.25) is 0 Å². The molecule has 3 heteroatoms. The number of fused-ring (bicyclic) bond motifs is 1. The molecule has 0 spiro atoms. The molecule has 3 rings (SSSR count). The average Bonchev–Trinajstić information content (AvgIpc) is 2.50. The molecule has 1 aliphatic heterocycles. The fraction of sp³-hybridized carbons (Fsp3) is 0.294. The molecule has 1 unspecified atom stereocenters. The zero-order chi connectivity index (χ0) is 13.9. The van der Waals surface area contributed by atoms with Crippen LogP contribution in [0.15, 0.2) is 53.0 Å². The van der Waals surface area contributed by atoms with Crippen molar-refractivity contribution < 1.29 is 0 Å². The third-order valence-corrected chi connectivity index (χ3v) is 4.73. The molecule has 2 N–H and O–H groups in total. The normalized spacial score (nSPS) is 15.8. The monoisotopic (exact) mass is 330 g/mol. The van der Waals surface area contributed by atoms with Crippen molar-refractivity contribution in [3.8, 4) is 0 Å². The van der Waals surface area contributed by atoms with E-state index in [-0.39, 0.29) is 6.04 Å². The molecule has 0 saturated carbocycles. The maximum atomic E-state index is 6.10. The quantitative estimate of drug-likeness (QED) is 0.924. The van der Waals surface area contributed by atoms with Crippen LogP contribution in [0.2, 0.25) is 0 Å². The minimum Gasteiger partial charge on any atom is -0.363 e. The Morgan fingerprint density at radius 2 is 1.85 bits per heavy atom. The summed E-state index contributed by atoms with van der Waals surface area (Å²) in [6.07, 6.45) is 2.36. The Bertz CT molecular complexity index is 597. The molecule has 2 nitrogen and oxygen atoms in total. The number of rotatable bonds is 3. The van der Waals surface area contributed by atoms with E-state index in [9.17, 15) is 0 Å². The Kier molecular flexibility index (Phi) is 4.08. The van der Waals surface area contributed by atoms with E-state index >= 15 is 0 Å². The number of halogens is 1. The summed E-state index contributed by atoms with van der Waals surface area (Å²) in [5.41, 5.74) is 10.1. The van der Waals surface area contributed by atoms with Crippen molar-refractivity contribution in [2.24, 2.45) is 5.73 Å². The molecule has 1 heterocycles. The third kappa shape index (κ3) is 2.48. The Hall–Kier alpha value is -1.32. The van der Waals surface area contributed by atoms with Crippen LogP contribution in [0.25, 0.3) is 0 Å². The maximum absolute atomic E-state index is 6.10. The molecule has 0 radical (unpaired) electrons. The number of para-hydroxylation sites is 1. The van der Waals surface area contributed by atoms with Gasteiger partial charge in [0, 0.05) is 23.2 Å². The van der Waals surface area contributed by atoms with Crippen LogP contribution >= 0.6 is 15.9 Å². The Balaban J connectivity index is 2.01. The third-order valence-electron chi connectivity index (χ3n) is 4.01. The van der Waals surface area contributed by atoms with Crippen LogP contribution in [0.4, 0.5) is 5.69 Å². The van der Waals surface area contributed by atoms with Gasteiger partial charge in [-0.05, 0) is 36.1 Å². The molecule has 0 bridgehead atoms. The summed E-state index contributed by atoms with van der Waals surface area (Å²) in [5, 5.41) is 0. The summed E-state index contributed by atoms with van der Waals surface area (Å²) in [4.78, 5) is 2.46. The molecule has 0 amide bonds. The molecule has 104 valence electrons. The minimum atomic E-state index is 0.229. The predicted octanol–water partition coefficient (Wildman–Crippen LogP) is 3.90. The van der Waals surface area contributed by atoms with E-state index in [0.717, 1.165) is 11.0 Å². The highest BCUT2D eigenvalue weighted by Gasteiger charge is 2.25. The lowest BCUT2D eigenvalue weighted by molar-refractivity contribution is 0.586. The molecule has 2 aromatic carbocycles. The molecular formula is C17H19BrN2. The van der Waals surface area contributed by atoms with Gasteiger partial charge in [0.05, 0.1) is 6.04 Å². The Morgan fingerprint density at radius 1 is 1.10 bits per heavy atom. The lowest BCUT2D eigenvalue weighted by Crippen LogP contribution is -2.37. The molecule has 20 heavy (non-hydrogen) atoms. The highest BCUT2D eigenvalue weighted by molar-refractivity contribution is 9.10. The largest absolute Gasteiger partial charge is 0.363 e. The molecule has 0 aliphatic carbocycles. The summed E-state index contributed by atoms with van der Waals surface area (Å²) in [6, 6.07) is 17.3. The number of nitrogens with zero attached hydrogens (tertiary/aromatic N) is 1. The van der Waals surface area contributed by atoms with Crippen LogP contribution in [0.1, 0.15) is 23.6 Å². The van der Waals surface area contributed by atoms with Crippen LogP contribution in [0.5, 0.6) is 0 Å².